The first-order valence-corrected chi connectivity index (χ1v) is 10.0. The molecule has 2 bridgehead atoms. The summed E-state index contributed by atoms with van der Waals surface area (Å²) in [5, 5.41) is 10.6. The third-order valence-electron chi connectivity index (χ3n) is 6.08. The Labute approximate surface area is 160 Å². The van der Waals surface area contributed by atoms with Crippen molar-refractivity contribution in [3.63, 3.8) is 0 Å². The number of piperidine rings is 3. The lowest BCUT2D eigenvalue weighted by Gasteiger charge is -2.49. The Morgan fingerprint density at radius 1 is 1.26 bits per heavy atom. The van der Waals surface area contributed by atoms with Crippen molar-refractivity contribution in [3.05, 3.63) is 42.1 Å². The van der Waals surface area contributed by atoms with Crippen LogP contribution in [0.1, 0.15) is 31.4 Å². The topological polar surface area (TPSA) is 62.2 Å². The highest BCUT2D eigenvalue weighted by Gasteiger charge is 2.41. The van der Waals surface area contributed by atoms with Gasteiger partial charge in [0.2, 0.25) is 0 Å². The summed E-state index contributed by atoms with van der Waals surface area (Å²) in [6.45, 7) is 5.52. The number of nitrogens with one attached hydrogen (secondary N) is 2. The molecule has 6 heteroatoms. The van der Waals surface area contributed by atoms with Crippen molar-refractivity contribution in [3.8, 4) is 11.3 Å². The molecule has 1 aromatic carbocycles. The number of amides is 2. The number of nitrogens with zero attached hydrogens (tertiary/aromatic N) is 3. The van der Waals surface area contributed by atoms with Gasteiger partial charge in [0.25, 0.3) is 0 Å². The summed E-state index contributed by atoms with van der Waals surface area (Å²) in [6.07, 6.45) is 2.37. The number of aryl methyl sites for hydroxylation is 1. The van der Waals surface area contributed by atoms with Gasteiger partial charge in [-0.3, -0.25) is 9.58 Å². The first-order chi connectivity index (χ1) is 13.2. The molecule has 0 aliphatic carbocycles. The molecule has 6 nitrogen and oxygen atoms in total. The van der Waals surface area contributed by atoms with Crippen LogP contribution < -0.4 is 10.6 Å². The van der Waals surface area contributed by atoms with E-state index in [0.29, 0.717) is 24.4 Å². The third kappa shape index (κ3) is 3.72. The predicted molar refractivity (Wildman–Crippen MR) is 107 cm³/mol. The number of hydrogen-bond donors (Lipinski definition) is 2. The fraction of sp³-hybridized carbons (Fsp3) is 0.524. The summed E-state index contributed by atoms with van der Waals surface area (Å²) in [4.78, 5) is 14.3. The number of carbonyl (C=O) groups is 1. The zero-order valence-corrected chi connectivity index (χ0v) is 16.2. The molecular formula is C21H29N5O. The van der Waals surface area contributed by atoms with Gasteiger partial charge in [-0.1, -0.05) is 30.3 Å². The molecular weight excluding hydrogens is 338 g/mol. The van der Waals surface area contributed by atoms with Crippen molar-refractivity contribution in [1.82, 2.24) is 25.3 Å². The second-order valence-electron chi connectivity index (χ2n) is 7.72. The lowest BCUT2D eigenvalue weighted by atomic mass is 9.74. The molecule has 3 saturated heterocycles. The highest BCUT2D eigenvalue weighted by atomic mass is 16.2. The molecule has 0 saturated carbocycles. The first-order valence-electron chi connectivity index (χ1n) is 10.0. The van der Waals surface area contributed by atoms with Crippen molar-refractivity contribution in [2.24, 2.45) is 13.0 Å². The number of urea groups is 1. The maximum atomic E-state index is 11.7. The smallest absolute Gasteiger partial charge is 0.314 e. The van der Waals surface area contributed by atoms with Gasteiger partial charge in [-0.2, -0.15) is 5.10 Å². The molecule has 2 N–H and O–H groups in total. The quantitative estimate of drug-likeness (QED) is 0.854. The Balaban J connectivity index is 1.45. The van der Waals surface area contributed by atoms with Gasteiger partial charge in [-0.15, -0.1) is 0 Å². The zero-order valence-electron chi connectivity index (χ0n) is 16.2. The molecule has 0 radical (unpaired) electrons. The fourth-order valence-corrected chi connectivity index (χ4v) is 4.70. The maximum Gasteiger partial charge on any atom is 0.314 e. The Kier molecular flexibility index (Phi) is 5.16. The largest absolute Gasteiger partial charge is 0.338 e. The van der Waals surface area contributed by atoms with E-state index >= 15 is 0 Å². The molecule has 3 aliphatic rings. The van der Waals surface area contributed by atoms with Gasteiger partial charge >= 0.3 is 6.03 Å². The van der Waals surface area contributed by atoms with Crippen LogP contribution in [0.25, 0.3) is 11.3 Å². The van der Waals surface area contributed by atoms with E-state index < -0.39 is 0 Å². The zero-order chi connectivity index (χ0) is 18.8. The molecule has 0 spiro atoms. The van der Waals surface area contributed by atoms with Gasteiger partial charge in [-0.25, -0.2) is 4.79 Å². The van der Waals surface area contributed by atoms with Gasteiger partial charge in [0, 0.05) is 49.9 Å². The Bertz CT molecular complexity index is 787. The average Bonchev–Trinajstić information content (AvgIpc) is 3.09. The second-order valence-corrected chi connectivity index (χ2v) is 7.72. The van der Waals surface area contributed by atoms with E-state index in [1.807, 2.05) is 13.0 Å². The van der Waals surface area contributed by atoms with Crippen LogP contribution in [-0.4, -0.2) is 52.9 Å². The molecule has 144 valence electrons. The lowest BCUT2D eigenvalue weighted by molar-refractivity contribution is 0.0294. The summed E-state index contributed by atoms with van der Waals surface area (Å²) in [5.74, 6) is 1.18. The monoisotopic (exact) mass is 367 g/mol. The van der Waals surface area contributed by atoms with Gasteiger partial charge in [-0.05, 0) is 38.3 Å². The van der Waals surface area contributed by atoms with E-state index in [4.69, 9.17) is 5.10 Å². The number of benzene rings is 1. The molecule has 27 heavy (non-hydrogen) atoms. The lowest BCUT2D eigenvalue weighted by Crippen LogP contribution is -2.56. The van der Waals surface area contributed by atoms with E-state index in [1.54, 1.807) is 0 Å². The van der Waals surface area contributed by atoms with Crippen LogP contribution in [0.3, 0.4) is 0 Å². The van der Waals surface area contributed by atoms with Crippen molar-refractivity contribution in [2.45, 2.75) is 31.7 Å². The van der Waals surface area contributed by atoms with Gasteiger partial charge in [0.15, 0.2) is 0 Å². The summed E-state index contributed by atoms with van der Waals surface area (Å²) >= 11 is 0. The Hall–Kier alpha value is -2.34. The van der Waals surface area contributed by atoms with Crippen LogP contribution in [-0.2, 0) is 7.05 Å². The van der Waals surface area contributed by atoms with E-state index in [1.165, 1.54) is 17.7 Å². The number of rotatable bonds is 5. The van der Waals surface area contributed by atoms with Crippen LogP contribution in [0.4, 0.5) is 4.79 Å². The van der Waals surface area contributed by atoms with Gasteiger partial charge in [0.05, 0.1) is 5.69 Å². The highest BCUT2D eigenvalue weighted by Crippen LogP contribution is 2.42. The van der Waals surface area contributed by atoms with Crippen molar-refractivity contribution in [2.75, 3.05) is 26.2 Å². The standard InChI is InChI=1S/C21H29N5O/c1-3-22-21(27)23-13-17-11-16-9-10-26(17)14-18(16)20-12-19(24-25(20)2)15-7-5-4-6-8-15/h4-8,12,16-18H,3,9-11,13-14H2,1-2H3,(H2,22,23,27)/t16-,17-,18+/m1/s1. The predicted octanol–water partition coefficient (Wildman–Crippen LogP) is 2.58. The van der Waals surface area contributed by atoms with E-state index in [9.17, 15) is 4.79 Å². The van der Waals surface area contributed by atoms with E-state index in [-0.39, 0.29) is 6.03 Å². The molecule has 2 aromatic rings. The summed E-state index contributed by atoms with van der Waals surface area (Å²) in [7, 11) is 2.06. The van der Waals surface area contributed by atoms with Crippen LogP contribution in [0.2, 0.25) is 0 Å². The number of fused-ring (bicyclic) bond motifs is 3. The third-order valence-corrected chi connectivity index (χ3v) is 6.08. The van der Waals surface area contributed by atoms with Crippen molar-refractivity contribution < 1.29 is 4.79 Å². The normalized spacial score (nSPS) is 26.7. The fourth-order valence-electron chi connectivity index (χ4n) is 4.70. The molecule has 4 atom stereocenters. The minimum Gasteiger partial charge on any atom is -0.338 e. The molecule has 3 aliphatic heterocycles. The van der Waals surface area contributed by atoms with Gasteiger partial charge in [0.1, 0.15) is 0 Å². The number of hydrogen-bond acceptors (Lipinski definition) is 3. The molecule has 2 amide bonds. The van der Waals surface area contributed by atoms with E-state index in [2.05, 4.69) is 57.6 Å². The maximum absolute atomic E-state index is 11.7. The first kappa shape index (κ1) is 18.0. The SMILES string of the molecule is CCNC(=O)NC[C@H]1C[C@H]2CCN1C[C@@H]2c1cc(-c2ccccc2)nn1C. The Morgan fingerprint density at radius 3 is 2.78 bits per heavy atom. The molecule has 1 aromatic heterocycles. The van der Waals surface area contributed by atoms with E-state index in [0.717, 1.165) is 31.7 Å². The van der Waals surface area contributed by atoms with Crippen LogP contribution in [0.15, 0.2) is 36.4 Å². The summed E-state index contributed by atoms with van der Waals surface area (Å²) < 4.78 is 2.07. The highest BCUT2D eigenvalue weighted by molar-refractivity contribution is 5.73. The summed E-state index contributed by atoms with van der Waals surface area (Å²) in [6, 6.07) is 13.0. The number of aromatic nitrogens is 2. The minimum absolute atomic E-state index is 0.0594. The van der Waals surface area contributed by atoms with Crippen molar-refractivity contribution in [1.29, 1.82) is 0 Å². The molecule has 5 rings (SSSR count). The average molecular weight is 367 g/mol. The molecule has 4 heterocycles. The molecule has 1 unspecified atom stereocenters. The van der Waals surface area contributed by atoms with Crippen LogP contribution in [0, 0.1) is 5.92 Å². The van der Waals surface area contributed by atoms with Crippen molar-refractivity contribution >= 4 is 6.03 Å². The summed E-state index contributed by atoms with van der Waals surface area (Å²) in [5.41, 5.74) is 3.56. The second kappa shape index (κ2) is 7.72. The minimum atomic E-state index is -0.0594. The number of carbonyl (C=O) groups excluding carboxylic acids is 1. The van der Waals surface area contributed by atoms with Crippen LogP contribution >= 0.6 is 0 Å². The Morgan fingerprint density at radius 2 is 2.07 bits per heavy atom. The van der Waals surface area contributed by atoms with Crippen LogP contribution in [0.5, 0.6) is 0 Å². The molecule has 3 fully saturated rings. The van der Waals surface area contributed by atoms with Gasteiger partial charge < -0.3 is 10.6 Å².